The normalized spacial score (nSPS) is 28.1. The summed E-state index contributed by atoms with van der Waals surface area (Å²) >= 11 is 0. The molecule has 3 nitrogen and oxygen atoms in total. The first kappa shape index (κ1) is 12.0. The number of amides is 1. The highest BCUT2D eigenvalue weighted by atomic mass is 16.1. The van der Waals surface area contributed by atoms with Gasteiger partial charge in [0.25, 0.3) is 5.91 Å². The minimum atomic E-state index is 0.0656. The molecule has 4 rings (SSSR count). The Bertz CT molecular complexity index is 645. The SMILES string of the molecule is O=C(NCC1CC2CCC1C2)c1ccc2[nH]ccc2c1. The second-order valence-corrected chi connectivity index (χ2v) is 6.42. The Morgan fingerprint density at radius 1 is 1.25 bits per heavy atom. The van der Waals surface area contributed by atoms with Crippen LogP contribution in [-0.4, -0.2) is 17.4 Å². The van der Waals surface area contributed by atoms with Gasteiger partial charge in [-0.15, -0.1) is 0 Å². The zero-order valence-electron chi connectivity index (χ0n) is 11.6. The number of carbonyl (C=O) groups excluding carboxylic acids is 1. The van der Waals surface area contributed by atoms with Crippen molar-refractivity contribution < 1.29 is 4.79 Å². The Labute approximate surface area is 118 Å². The number of benzene rings is 1. The van der Waals surface area contributed by atoms with Crippen LogP contribution in [0.1, 0.15) is 36.0 Å². The number of carbonyl (C=O) groups is 1. The van der Waals surface area contributed by atoms with Crippen molar-refractivity contribution in [1.29, 1.82) is 0 Å². The molecule has 2 saturated carbocycles. The van der Waals surface area contributed by atoms with Crippen molar-refractivity contribution in [3.8, 4) is 0 Å². The van der Waals surface area contributed by atoms with Crippen LogP contribution in [0.2, 0.25) is 0 Å². The van der Waals surface area contributed by atoms with Crippen LogP contribution in [0.3, 0.4) is 0 Å². The van der Waals surface area contributed by atoms with Crippen LogP contribution in [0.5, 0.6) is 0 Å². The molecule has 0 spiro atoms. The lowest BCUT2D eigenvalue weighted by atomic mass is 9.89. The van der Waals surface area contributed by atoms with Crippen LogP contribution in [-0.2, 0) is 0 Å². The largest absolute Gasteiger partial charge is 0.361 e. The van der Waals surface area contributed by atoms with Gasteiger partial charge in [0, 0.05) is 29.2 Å². The fourth-order valence-electron chi connectivity index (χ4n) is 4.15. The third kappa shape index (κ3) is 2.01. The summed E-state index contributed by atoms with van der Waals surface area (Å²) in [5.41, 5.74) is 1.84. The van der Waals surface area contributed by atoms with Gasteiger partial charge >= 0.3 is 0 Å². The molecule has 1 amide bonds. The summed E-state index contributed by atoms with van der Waals surface area (Å²) in [6, 6.07) is 7.83. The van der Waals surface area contributed by atoms with Crippen molar-refractivity contribution in [3.05, 3.63) is 36.0 Å². The highest BCUT2D eigenvalue weighted by molar-refractivity contribution is 5.98. The topological polar surface area (TPSA) is 44.9 Å². The van der Waals surface area contributed by atoms with E-state index in [1.807, 2.05) is 30.5 Å². The molecule has 3 unspecified atom stereocenters. The van der Waals surface area contributed by atoms with Crippen LogP contribution in [0, 0.1) is 17.8 Å². The molecule has 0 aliphatic heterocycles. The minimum Gasteiger partial charge on any atom is -0.361 e. The van der Waals surface area contributed by atoms with Gasteiger partial charge in [0.2, 0.25) is 0 Å². The Kier molecular flexibility index (Phi) is 2.79. The molecule has 3 atom stereocenters. The van der Waals surface area contributed by atoms with Crippen molar-refractivity contribution in [2.45, 2.75) is 25.7 Å². The first-order valence-corrected chi connectivity index (χ1v) is 7.65. The first-order chi connectivity index (χ1) is 9.79. The van der Waals surface area contributed by atoms with Crippen LogP contribution in [0.15, 0.2) is 30.5 Å². The maximum atomic E-state index is 12.3. The van der Waals surface area contributed by atoms with E-state index in [0.717, 1.165) is 34.8 Å². The molecule has 2 N–H and O–H groups in total. The maximum Gasteiger partial charge on any atom is 0.251 e. The Hall–Kier alpha value is -1.77. The lowest BCUT2D eigenvalue weighted by Crippen LogP contribution is -2.31. The molecular weight excluding hydrogens is 248 g/mol. The van der Waals surface area contributed by atoms with Gasteiger partial charge < -0.3 is 10.3 Å². The van der Waals surface area contributed by atoms with Gasteiger partial charge in [-0.1, -0.05) is 6.42 Å². The predicted octanol–water partition coefficient (Wildman–Crippen LogP) is 3.33. The molecule has 2 aliphatic rings. The Morgan fingerprint density at radius 2 is 2.20 bits per heavy atom. The average molecular weight is 268 g/mol. The van der Waals surface area contributed by atoms with Crippen molar-refractivity contribution in [1.82, 2.24) is 10.3 Å². The second-order valence-electron chi connectivity index (χ2n) is 6.42. The lowest BCUT2D eigenvalue weighted by molar-refractivity contribution is 0.0942. The van der Waals surface area contributed by atoms with Crippen molar-refractivity contribution in [3.63, 3.8) is 0 Å². The molecular formula is C17H20N2O. The molecule has 3 heteroatoms. The highest BCUT2D eigenvalue weighted by Gasteiger charge is 2.39. The molecule has 0 radical (unpaired) electrons. The number of rotatable bonds is 3. The molecule has 20 heavy (non-hydrogen) atoms. The number of aromatic amines is 1. The molecule has 2 aromatic rings. The van der Waals surface area contributed by atoms with E-state index in [4.69, 9.17) is 0 Å². The summed E-state index contributed by atoms with van der Waals surface area (Å²) in [6.07, 6.45) is 7.42. The van der Waals surface area contributed by atoms with Crippen molar-refractivity contribution >= 4 is 16.8 Å². The highest BCUT2D eigenvalue weighted by Crippen LogP contribution is 2.47. The Balaban J connectivity index is 1.42. The average Bonchev–Trinajstić information content (AvgIpc) is 3.19. The van der Waals surface area contributed by atoms with Gasteiger partial charge in [0.05, 0.1) is 0 Å². The van der Waals surface area contributed by atoms with Crippen LogP contribution in [0.25, 0.3) is 10.9 Å². The lowest BCUT2D eigenvalue weighted by Gasteiger charge is -2.21. The maximum absolute atomic E-state index is 12.3. The van der Waals surface area contributed by atoms with Crippen LogP contribution in [0.4, 0.5) is 0 Å². The predicted molar refractivity (Wildman–Crippen MR) is 79.6 cm³/mol. The van der Waals surface area contributed by atoms with E-state index >= 15 is 0 Å². The van der Waals surface area contributed by atoms with E-state index in [1.165, 1.54) is 25.7 Å². The van der Waals surface area contributed by atoms with Crippen LogP contribution < -0.4 is 5.32 Å². The molecule has 104 valence electrons. The fraction of sp³-hybridized carbons (Fsp3) is 0.471. The number of aromatic nitrogens is 1. The van der Waals surface area contributed by atoms with Gasteiger partial charge in [-0.3, -0.25) is 4.79 Å². The molecule has 1 aromatic carbocycles. The number of nitrogens with one attached hydrogen (secondary N) is 2. The Morgan fingerprint density at radius 3 is 3.00 bits per heavy atom. The van der Waals surface area contributed by atoms with Gasteiger partial charge in [-0.05, 0) is 61.3 Å². The summed E-state index contributed by atoms with van der Waals surface area (Å²) in [6.45, 7) is 0.852. The standard InChI is InChI=1S/C17H20N2O/c20-17(14-3-4-16-13(9-14)5-6-18-16)19-10-15-8-11-1-2-12(15)7-11/h3-6,9,11-12,15,18H,1-2,7-8,10H2,(H,19,20). The summed E-state index contributed by atoms with van der Waals surface area (Å²) < 4.78 is 0. The van der Waals surface area contributed by atoms with Crippen molar-refractivity contribution in [2.75, 3.05) is 6.54 Å². The summed E-state index contributed by atoms with van der Waals surface area (Å²) in [5.74, 6) is 2.59. The van der Waals surface area contributed by atoms with E-state index in [-0.39, 0.29) is 5.91 Å². The quantitative estimate of drug-likeness (QED) is 0.881. The summed E-state index contributed by atoms with van der Waals surface area (Å²) in [5, 5.41) is 4.23. The smallest absolute Gasteiger partial charge is 0.251 e. The summed E-state index contributed by atoms with van der Waals surface area (Å²) in [4.78, 5) is 15.4. The number of hydrogen-bond acceptors (Lipinski definition) is 1. The number of hydrogen-bond donors (Lipinski definition) is 2. The fourth-order valence-corrected chi connectivity index (χ4v) is 4.15. The second kappa shape index (κ2) is 4.65. The molecule has 2 aliphatic carbocycles. The van der Waals surface area contributed by atoms with E-state index < -0.39 is 0 Å². The molecule has 2 bridgehead atoms. The summed E-state index contributed by atoms with van der Waals surface area (Å²) in [7, 11) is 0. The third-order valence-electron chi connectivity index (χ3n) is 5.22. The van der Waals surface area contributed by atoms with E-state index in [1.54, 1.807) is 0 Å². The molecule has 1 heterocycles. The monoisotopic (exact) mass is 268 g/mol. The van der Waals surface area contributed by atoms with Gasteiger partial charge in [0.1, 0.15) is 0 Å². The van der Waals surface area contributed by atoms with Gasteiger partial charge in [0.15, 0.2) is 0 Å². The van der Waals surface area contributed by atoms with Gasteiger partial charge in [-0.25, -0.2) is 0 Å². The van der Waals surface area contributed by atoms with Gasteiger partial charge in [-0.2, -0.15) is 0 Å². The van der Waals surface area contributed by atoms with Crippen LogP contribution >= 0.6 is 0 Å². The molecule has 2 fully saturated rings. The van der Waals surface area contributed by atoms with E-state index in [0.29, 0.717) is 5.92 Å². The zero-order valence-corrected chi connectivity index (χ0v) is 11.6. The minimum absolute atomic E-state index is 0.0656. The molecule has 0 saturated heterocycles. The first-order valence-electron chi connectivity index (χ1n) is 7.65. The number of H-pyrrole nitrogens is 1. The number of fused-ring (bicyclic) bond motifs is 3. The van der Waals surface area contributed by atoms with Crippen molar-refractivity contribution in [2.24, 2.45) is 17.8 Å². The third-order valence-corrected chi connectivity index (χ3v) is 5.22. The zero-order chi connectivity index (χ0) is 13.5. The van der Waals surface area contributed by atoms with E-state index in [9.17, 15) is 4.79 Å². The molecule has 1 aromatic heterocycles. The van der Waals surface area contributed by atoms with E-state index in [2.05, 4.69) is 10.3 Å².